The maximum Gasteiger partial charge on any atom is 0.243 e. The van der Waals surface area contributed by atoms with Crippen LogP contribution in [0.1, 0.15) is 12.8 Å². The normalized spacial score (nSPS) is 13.6. The van der Waals surface area contributed by atoms with Gasteiger partial charge in [-0.3, -0.25) is 4.79 Å². The number of methoxy groups -OCH3 is 1. The summed E-state index contributed by atoms with van der Waals surface area (Å²) in [5.41, 5.74) is 2.80. The Hall–Kier alpha value is -2.40. The molecule has 132 valence electrons. The van der Waals surface area contributed by atoms with Crippen LogP contribution in [0, 0.1) is 0 Å². The Labute approximate surface area is 152 Å². The number of rotatable bonds is 6. The van der Waals surface area contributed by atoms with Gasteiger partial charge in [0.15, 0.2) is 0 Å². The molecule has 2 aromatic carbocycles. The van der Waals surface area contributed by atoms with Crippen LogP contribution < -0.4 is 20.3 Å². The summed E-state index contributed by atoms with van der Waals surface area (Å²) in [6, 6.07) is 13.3. The van der Waals surface area contributed by atoms with E-state index in [1.807, 2.05) is 12.1 Å². The standard InChI is InChI=1S/C19H22ClN3O2/c1-25-18-9-6-15(12-17(18)20)22-19(24)13-21-14-4-7-16(8-5-14)23-10-2-3-11-23/h4-9,12,21H,2-3,10-11,13H2,1H3,(H,22,24). The minimum Gasteiger partial charge on any atom is -0.495 e. The monoisotopic (exact) mass is 359 g/mol. The molecule has 0 atom stereocenters. The lowest BCUT2D eigenvalue weighted by Crippen LogP contribution is -2.22. The van der Waals surface area contributed by atoms with Crippen LogP contribution in [-0.2, 0) is 4.79 Å². The second kappa shape index (κ2) is 8.12. The third-order valence-corrected chi connectivity index (χ3v) is 4.52. The lowest BCUT2D eigenvalue weighted by Gasteiger charge is -2.18. The molecule has 0 aromatic heterocycles. The van der Waals surface area contributed by atoms with Crippen molar-refractivity contribution in [2.24, 2.45) is 0 Å². The average Bonchev–Trinajstić information content (AvgIpc) is 3.15. The van der Waals surface area contributed by atoms with Crippen molar-refractivity contribution in [1.29, 1.82) is 0 Å². The topological polar surface area (TPSA) is 53.6 Å². The number of halogens is 1. The van der Waals surface area contributed by atoms with E-state index in [-0.39, 0.29) is 12.5 Å². The van der Waals surface area contributed by atoms with Crippen molar-refractivity contribution in [3.63, 3.8) is 0 Å². The van der Waals surface area contributed by atoms with Gasteiger partial charge in [-0.15, -0.1) is 0 Å². The van der Waals surface area contributed by atoms with E-state index in [0.29, 0.717) is 16.5 Å². The molecule has 6 heteroatoms. The van der Waals surface area contributed by atoms with Crippen molar-refractivity contribution in [3.05, 3.63) is 47.5 Å². The van der Waals surface area contributed by atoms with Crippen LogP contribution in [0.5, 0.6) is 5.75 Å². The van der Waals surface area contributed by atoms with E-state index in [4.69, 9.17) is 16.3 Å². The van der Waals surface area contributed by atoms with Crippen LogP contribution in [0.25, 0.3) is 0 Å². The summed E-state index contributed by atoms with van der Waals surface area (Å²) in [5.74, 6) is 0.445. The number of hydrogen-bond donors (Lipinski definition) is 2. The first-order valence-electron chi connectivity index (χ1n) is 8.38. The second-order valence-corrected chi connectivity index (χ2v) is 6.40. The Bertz CT molecular complexity index is 728. The van der Waals surface area contributed by atoms with E-state index in [1.54, 1.807) is 25.3 Å². The molecule has 0 spiro atoms. The van der Waals surface area contributed by atoms with Gasteiger partial charge < -0.3 is 20.3 Å². The highest BCUT2D eigenvalue weighted by Gasteiger charge is 2.12. The Morgan fingerprint density at radius 1 is 1.12 bits per heavy atom. The van der Waals surface area contributed by atoms with Crippen molar-refractivity contribution in [2.45, 2.75) is 12.8 Å². The molecule has 25 heavy (non-hydrogen) atoms. The van der Waals surface area contributed by atoms with Gasteiger partial charge in [-0.05, 0) is 55.3 Å². The SMILES string of the molecule is COc1ccc(NC(=O)CNc2ccc(N3CCCC3)cc2)cc1Cl. The van der Waals surface area contributed by atoms with Crippen molar-refractivity contribution in [3.8, 4) is 5.75 Å². The number of nitrogens with one attached hydrogen (secondary N) is 2. The number of benzene rings is 2. The van der Waals surface area contributed by atoms with E-state index in [0.717, 1.165) is 18.8 Å². The third kappa shape index (κ3) is 4.57. The van der Waals surface area contributed by atoms with Gasteiger partial charge >= 0.3 is 0 Å². The van der Waals surface area contributed by atoms with Gasteiger partial charge in [-0.2, -0.15) is 0 Å². The Balaban J connectivity index is 1.51. The molecule has 1 heterocycles. The van der Waals surface area contributed by atoms with Crippen LogP contribution in [0.3, 0.4) is 0 Å². The Morgan fingerprint density at radius 3 is 2.44 bits per heavy atom. The lowest BCUT2D eigenvalue weighted by atomic mass is 10.2. The highest BCUT2D eigenvalue weighted by Crippen LogP contribution is 2.27. The number of hydrogen-bond acceptors (Lipinski definition) is 4. The van der Waals surface area contributed by atoms with Crippen LogP contribution in [0.15, 0.2) is 42.5 Å². The molecule has 0 saturated carbocycles. The summed E-state index contributed by atoms with van der Waals surface area (Å²) in [7, 11) is 1.55. The van der Waals surface area contributed by atoms with Gasteiger partial charge in [0, 0.05) is 30.2 Å². The zero-order valence-corrected chi connectivity index (χ0v) is 15.0. The summed E-state index contributed by atoms with van der Waals surface area (Å²) in [6.07, 6.45) is 2.52. The molecule has 3 rings (SSSR count). The third-order valence-electron chi connectivity index (χ3n) is 4.23. The fraction of sp³-hybridized carbons (Fsp3) is 0.316. The zero-order valence-electron chi connectivity index (χ0n) is 14.2. The molecule has 1 fully saturated rings. The van der Waals surface area contributed by atoms with E-state index in [1.165, 1.54) is 18.5 Å². The predicted molar refractivity (Wildman–Crippen MR) is 103 cm³/mol. The minimum atomic E-state index is -0.134. The van der Waals surface area contributed by atoms with Gasteiger partial charge in [-0.1, -0.05) is 11.6 Å². The minimum absolute atomic E-state index is 0.134. The predicted octanol–water partition coefficient (Wildman–Crippen LogP) is 4.00. The molecule has 0 aliphatic carbocycles. The second-order valence-electron chi connectivity index (χ2n) is 5.99. The Morgan fingerprint density at radius 2 is 1.80 bits per heavy atom. The zero-order chi connectivity index (χ0) is 17.6. The number of anilines is 3. The quantitative estimate of drug-likeness (QED) is 0.818. The van der Waals surface area contributed by atoms with Crippen LogP contribution in [0.4, 0.5) is 17.1 Å². The van der Waals surface area contributed by atoms with E-state index in [2.05, 4.69) is 27.7 Å². The largest absolute Gasteiger partial charge is 0.495 e. The van der Waals surface area contributed by atoms with E-state index < -0.39 is 0 Å². The molecular weight excluding hydrogens is 338 g/mol. The molecular formula is C19H22ClN3O2. The van der Waals surface area contributed by atoms with Crippen molar-refractivity contribution in [1.82, 2.24) is 0 Å². The van der Waals surface area contributed by atoms with E-state index >= 15 is 0 Å². The van der Waals surface area contributed by atoms with Crippen molar-refractivity contribution in [2.75, 3.05) is 42.3 Å². The maximum atomic E-state index is 12.1. The van der Waals surface area contributed by atoms with Crippen molar-refractivity contribution >= 4 is 34.6 Å². The van der Waals surface area contributed by atoms with Crippen molar-refractivity contribution < 1.29 is 9.53 Å². The maximum absolute atomic E-state index is 12.1. The molecule has 1 saturated heterocycles. The Kier molecular flexibility index (Phi) is 5.66. The van der Waals surface area contributed by atoms with Gasteiger partial charge in [0.1, 0.15) is 5.75 Å². The number of carbonyl (C=O) groups excluding carboxylic acids is 1. The number of carbonyl (C=O) groups is 1. The summed E-state index contributed by atoms with van der Waals surface area (Å²) >= 11 is 6.06. The number of ether oxygens (including phenoxy) is 1. The van der Waals surface area contributed by atoms with Crippen LogP contribution in [0.2, 0.25) is 5.02 Å². The van der Waals surface area contributed by atoms with E-state index in [9.17, 15) is 4.79 Å². The highest BCUT2D eigenvalue weighted by molar-refractivity contribution is 6.32. The fourth-order valence-corrected chi connectivity index (χ4v) is 3.15. The summed E-state index contributed by atoms with van der Waals surface area (Å²) in [4.78, 5) is 14.5. The number of nitrogens with zero attached hydrogens (tertiary/aromatic N) is 1. The summed E-state index contributed by atoms with van der Waals surface area (Å²) in [5, 5.41) is 6.41. The first-order valence-corrected chi connectivity index (χ1v) is 8.76. The molecule has 5 nitrogen and oxygen atoms in total. The van der Waals surface area contributed by atoms with Gasteiger partial charge in [-0.25, -0.2) is 0 Å². The molecule has 2 aromatic rings. The smallest absolute Gasteiger partial charge is 0.243 e. The molecule has 0 unspecified atom stereocenters. The molecule has 2 N–H and O–H groups in total. The van der Waals surface area contributed by atoms with Gasteiger partial charge in [0.05, 0.1) is 18.7 Å². The number of amides is 1. The summed E-state index contributed by atoms with van der Waals surface area (Å²) < 4.78 is 5.10. The highest BCUT2D eigenvalue weighted by atomic mass is 35.5. The molecule has 1 amide bonds. The molecule has 1 aliphatic heterocycles. The lowest BCUT2D eigenvalue weighted by molar-refractivity contribution is -0.114. The first kappa shape index (κ1) is 17.4. The molecule has 0 bridgehead atoms. The first-order chi connectivity index (χ1) is 12.2. The van der Waals surface area contributed by atoms with Gasteiger partial charge in [0.25, 0.3) is 0 Å². The van der Waals surface area contributed by atoms with Gasteiger partial charge in [0.2, 0.25) is 5.91 Å². The molecule has 0 radical (unpaired) electrons. The molecule has 1 aliphatic rings. The fourth-order valence-electron chi connectivity index (χ4n) is 2.90. The van der Waals surface area contributed by atoms with Crippen LogP contribution in [-0.4, -0.2) is 32.7 Å². The average molecular weight is 360 g/mol. The summed E-state index contributed by atoms with van der Waals surface area (Å²) in [6.45, 7) is 2.44. The van der Waals surface area contributed by atoms with Crippen LogP contribution >= 0.6 is 11.6 Å².